The number of benzene rings is 1. The van der Waals surface area contributed by atoms with Crippen molar-refractivity contribution in [3.05, 3.63) is 35.5 Å². The van der Waals surface area contributed by atoms with E-state index in [1.165, 1.54) is 6.07 Å². The molecule has 1 N–H and O–H groups in total. The van der Waals surface area contributed by atoms with Gasteiger partial charge in [0.15, 0.2) is 18.1 Å². The molecule has 0 spiro atoms. The van der Waals surface area contributed by atoms with Gasteiger partial charge in [-0.25, -0.2) is 4.79 Å². The van der Waals surface area contributed by atoms with Gasteiger partial charge in [0.2, 0.25) is 5.89 Å². The van der Waals surface area contributed by atoms with E-state index in [1.54, 1.807) is 12.1 Å². The molecule has 1 aromatic carbocycles. The van der Waals surface area contributed by atoms with Crippen molar-refractivity contribution in [1.29, 1.82) is 0 Å². The molecule has 7 nitrogen and oxygen atoms in total. The van der Waals surface area contributed by atoms with Crippen LogP contribution >= 0.6 is 0 Å². The van der Waals surface area contributed by atoms with Crippen molar-refractivity contribution in [1.82, 2.24) is 10.2 Å². The molecular formula is C14H16N2O5. The lowest BCUT2D eigenvalue weighted by atomic mass is 10.2. The van der Waals surface area contributed by atoms with Crippen molar-refractivity contribution in [2.45, 2.75) is 26.9 Å². The summed E-state index contributed by atoms with van der Waals surface area (Å²) >= 11 is 0. The van der Waals surface area contributed by atoms with Crippen LogP contribution in [-0.4, -0.2) is 27.9 Å². The van der Waals surface area contributed by atoms with E-state index in [0.717, 1.165) is 0 Å². The first-order valence-corrected chi connectivity index (χ1v) is 6.58. The Morgan fingerprint density at radius 2 is 2.00 bits per heavy atom. The number of aromatic carboxylic acids is 1. The Kier molecular flexibility index (Phi) is 4.76. The highest BCUT2D eigenvalue weighted by atomic mass is 16.5. The van der Waals surface area contributed by atoms with E-state index in [4.69, 9.17) is 13.9 Å². The molecule has 0 aliphatic carbocycles. The van der Waals surface area contributed by atoms with E-state index in [1.807, 2.05) is 13.8 Å². The normalized spacial score (nSPS) is 10.4. The number of ether oxygens (including phenoxy) is 2. The molecule has 0 saturated heterocycles. The van der Waals surface area contributed by atoms with Gasteiger partial charge >= 0.3 is 5.97 Å². The molecule has 21 heavy (non-hydrogen) atoms. The fourth-order valence-corrected chi connectivity index (χ4v) is 1.73. The third-order valence-corrected chi connectivity index (χ3v) is 2.66. The number of aryl methyl sites for hydroxylation is 1. The largest absolute Gasteiger partial charge is 0.490 e. The summed E-state index contributed by atoms with van der Waals surface area (Å²) in [6.07, 6.45) is 0.628. The molecule has 0 aliphatic heterocycles. The number of aromatic nitrogens is 2. The Balaban J connectivity index is 2.22. The average molecular weight is 292 g/mol. The van der Waals surface area contributed by atoms with Crippen LogP contribution in [0.2, 0.25) is 0 Å². The molecule has 0 saturated carbocycles. The van der Waals surface area contributed by atoms with E-state index in [0.29, 0.717) is 24.7 Å². The minimum Gasteiger partial charge on any atom is -0.490 e. The summed E-state index contributed by atoms with van der Waals surface area (Å²) in [5.41, 5.74) is 0.0242. The summed E-state index contributed by atoms with van der Waals surface area (Å²) in [4.78, 5) is 11.3. The highest BCUT2D eigenvalue weighted by Crippen LogP contribution is 2.32. The van der Waals surface area contributed by atoms with Gasteiger partial charge < -0.3 is 19.0 Å². The maximum absolute atomic E-state index is 11.3. The standard InChI is InChI=1S/C14H16N2O5/c1-3-11-15-16-12(21-11)8-20-13-9(14(17)18)6-5-7-10(13)19-4-2/h5-7H,3-4,8H2,1-2H3,(H,17,18). The molecule has 7 heteroatoms. The predicted molar refractivity (Wildman–Crippen MR) is 72.6 cm³/mol. The third kappa shape index (κ3) is 3.50. The van der Waals surface area contributed by atoms with Crippen LogP contribution in [-0.2, 0) is 13.0 Å². The first-order chi connectivity index (χ1) is 10.2. The van der Waals surface area contributed by atoms with Crippen molar-refractivity contribution in [3.8, 4) is 11.5 Å². The van der Waals surface area contributed by atoms with E-state index in [9.17, 15) is 9.90 Å². The number of hydrogen-bond donors (Lipinski definition) is 1. The molecule has 112 valence electrons. The van der Waals surface area contributed by atoms with E-state index < -0.39 is 5.97 Å². The van der Waals surface area contributed by atoms with Crippen LogP contribution in [0.5, 0.6) is 11.5 Å². The molecule has 0 bridgehead atoms. The minimum atomic E-state index is -1.09. The summed E-state index contributed by atoms with van der Waals surface area (Å²) in [6.45, 7) is 4.09. The average Bonchev–Trinajstić information content (AvgIpc) is 2.94. The number of rotatable bonds is 7. The number of hydrogen-bond acceptors (Lipinski definition) is 6. The number of carboxylic acids is 1. The highest BCUT2D eigenvalue weighted by Gasteiger charge is 2.17. The SMILES string of the molecule is CCOc1cccc(C(=O)O)c1OCc1nnc(CC)o1. The van der Waals surface area contributed by atoms with Crippen LogP contribution in [0, 0.1) is 0 Å². The van der Waals surface area contributed by atoms with E-state index >= 15 is 0 Å². The maximum atomic E-state index is 11.3. The summed E-state index contributed by atoms with van der Waals surface area (Å²) < 4.78 is 16.2. The Bertz CT molecular complexity index is 624. The molecule has 0 fully saturated rings. The number of para-hydroxylation sites is 1. The monoisotopic (exact) mass is 292 g/mol. The van der Waals surface area contributed by atoms with Gasteiger partial charge in [-0.3, -0.25) is 0 Å². The van der Waals surface area contributed by atoms with Crippen LogP contribution in [0.15, 0.2) is 22.6 Å². The first kappa shape index (κ1) is 14.8. The fraction of sp³-hybridized carbons (Fsp3) is 0.357. The summed E-state index contributed by atoms with van der Waals surface area (Å²) in [5.74, 6) is 0.224. The molecule has 0 radical (unpaired) electrons. The zero-order chi connectivity index (χ0) is 15.2. The smallest absolute Gasteiger partial charge is 0.339 e. The van der Waals surface area contributed by atoms with Gasteiger partial charge in [0.25, 0.3) is 5.89 Å². The lowest BCUT2D eigenvalue weighted by Gasteiger charge is -2.12. The van der Waals surface area contributed by atoms with Crippen LogP contribution in [0.4, 0.5) is 0 Å². The van der Waals surface area contributed by atoms with Gasteiger partial charge in [-0.1, -0.05) is 13.0 Å². The second kappa shape index (κ2) is 6.74. The summed E-state index contributed by atoms with van der Waals surface area (Å²) in [6, 6.07) is 4.70. The van der Waals surface area contributed by atoms with E-state index in [-0.39, 0.29) is 23.8 Å². The highest BCUT2D eigenvalue weighted by molar-refractivity contribution is 5.92. The lowest BCUT2D eigenvalue weighted by molar-refractivity contribution is 0.0689. The van der Waals surface area contributed by atoms with Crippen molar-refractivity contribution in [2.75, 3.05) is 6.61 Å². The number of carboxylic acid groups (broad SMARTS) is 1. The van der Waals surface area contributed by atoms with Gasteiger partial charge in [0, 0.05) is 6.42 Å². The van der Waals surface area contributed by atoms with Gasteiger partial charge in [0.05, 0.1) is 6.61 Å². The Morgan fingerprint density at radius 3 is 2.62 bits per heavy atom. The molecule has 2 rings (SSSR count). The predicted octanol–water partition coefficient (Wildman–Crippen LogP) is 2.31. The summed E-state index contributed by atoms with van der Waals surface area (Å²) in [5, 5.41) is 16.9. The second-order valence-corrected chi connectivity index (χ2v) is 4.10. The van der Waals surface area contributed by atoms with Gasteiger partial charge in [-0.2, -0.15) is 0 Å². The second-order valence-electron chi connectivity index (χ2n) is 4.10. The number of nitrogens with zero attached hydrogens (tertiary/aromatic N) is 2. The molecule has 0 unspecified atom stereocenters. The molecule has 2 aromatic rings. The van der Waals surface area contributed by atoms with Crippen LogP contribution in [0.3, 0.4) is 0 Å². The first-order valence-electron chi connectivity index (χ1n) is 6.58. The Hall–Kier alpha value is -2.57. The van der Waals surface area contributed by atoms with Crippen LogP contribution in [0.25, 0.3) is 0 Å². The molecule has 0 aliphatic rings. The Labute approximate surface area is 121 Å². The Morgan fingerprint density at radius 1 is 1.24 bits per heavy atom. The van der Waals surface area contributed by atoms with Gasteiger partial charge in [-0.05, 0) is 19.1 Å². The van der Waals surface area contributed by atoms with Crippen molar-refractivity contribution in [3.63, 3.8) is 0 Å². The molecule has 0 amide bonds. The minimum absolute atomic E-state index is 0.0165. The van der Waals surface area contributed by atoms with Crippen molar-refractivity contribution >= 4 is 5.97 Å². The van der Waals surface area contributed by atoms with Crippen LogP contribution in [0.1, 0.15) is 36.0 Å². The zero-order valence-electron chi connectivity index (χ0n) is 11.8. The van der Waals surface area contributed by atoms with E-state index in [2.05, 4.69) is 10.2 Å². The number of carbonyl (C=O) groups is 1. The summed E-state index contributed by atoms with van der Waals surface area (Å²) in [7, 11) is 0. The quantitative estimate of drug-likeness (QED) is 0.836. The molecule has 1 aromatic heterocycles. The fourth-order valence-electron chi connectivity index (χ4n) is 1.73. The van der Waals surface area contributed by atoms with Gasteiger partial charge in [-0.15, -0.1) is 10.2 Å². The molecule has 0 atom stereocenters. The molecule has 1 heterocycles. The van der Waals surface area contributed by atoms with Crippen LogP contribution < -0.4 is 9.47 Å². The topological polar surface area (TPSA) is 94.7 Å². The lowest BCUT2D eigenvalue weighted by Crippen LogP contribution is -2.06. The maximum Gasteiger partial charge on any atom is 0.339 e. The van der Waals surface area contributed by atoms with Crippen molar-refractivity contribution in [2.24, 2.45) is 0 Å². The zero-order valence-corrected chi connectivity index (χ0v) is 11.8. The van der Waals surface area contributed by atoms with Gasteiger partial charge in [0.1, 0.15) is 5.56 Å². The molecular weight excluding hydrogens is 276 g/mol. The van der Waals surface area contributed by atoms with Crippen molar-refractivity contribution < 1.29 is 23.8 Å². The third-order valence-electron chi connectivity index (χ3n) is 2.66.